The van der Waals surface area contributed by atoms with Crippen LogP contribution in [0.3, 0.4) is 0 Å². The van der Waals surface area contributed by atoms with Gasteiger partial charge in [0, 0.05) is 36.1 Å². The molecule has 1 atom stereocenters. The number of carbonyl (C=O) groups excluding carboxylic acids is 1. The van der Waals surface area contributed by atoms with Crippen LogP contribution in [-0.2, 0) is 6.54 Å². The summed E-state index contributed by atoms with van der Waals surface area (Å²) in [6.07, 6.45) is 3.09. The van der Waals surface area contributed by atoms with Crippen LogP contribution in [0.25, 0.3) is 0 Å². The standard InChI is InChI=1S/C26H33ClN6O2/c1-4-33(24(29)18-9-7-17(2)8-10-18)25(34)32-15-21(28)19-11-12-26(3,35)14-22(19)31-16-23-20(27)6-5-13-30-23/h5-10,13,29,35H,4,11-12,14-16,28H2,1-3H3,(H,32,34)/b21-19-,29-24?,31-22?. The third kappa shape index (κ3) is 6.90. The van der Waals surface area contributed by atoms with E-state index < -0.39 is 11.6 Å². The van der Waals surface area contributed by atoms with Crippen LogP contribution in [-0.4, -0.2) is 51.3 Å². The molecular weight excluding hydrogens is 464 g/mol. The van der Waals surface area contributed by atoms with Gasteiger partial charge in [-0.15, -0.1) is 0 Å². The SMILES string of the molecule is CCN(C(=N)c1ccc(C)cc1)C(=O)NC/C(N)=C1\CCC(C)(O)CC1=NCc1ncccc1Cl. The summed E-state index contributed by atoms with van der Waals surface area (Å²) < 4.78 is 0. The van der Waals surface area contributed by atoms with E-state index >= 15 is 0 Å². The molecule has 8 nitrogen and oxygen atoms in total. The van der Waals surface area contributed by atoms with Crippen molar-refractivity contribution in [1.82, 2.24) is 15.2 Å². The Kier molecular flexibility index (Phi) is 8.64. The first-order valence-corrected chi connectivity index (χ1v) is 12.0. The Labute approximate surface area is 211 Å². The number of aliphatic imine (C=N–C) groups is 1. The van der Waals surface area contributed by atoms with Crippen molar-refractivity contribution in [2.45, 2.75) is 52.2 Å². The van der Waals surface area contributed by atoms with Crippen LogP contribution in [0.1, 0.15) is 49.9 Å². The van der Waals surface area contributed by atoms with Gasteiger partial charge >= 0.3 is 6.03 Å². The number of hydrogen-bond acceptors (Lipinski definition) is 6. The van der Waals surface area contributed by atoms with Crippen molar-refractivity contribution in [2.24, 2.45) is 10.7 Å². The summed E-state index contributed by atoms with van der Waals surface area (Å²) in [7, 11) is 0. The molecule has 1 heterocycles. The van der Waals surface area contributed by atoms with E-state index in [1.54, 1.807) is 25.3 Å². The Bertz CT molecular complexity index is 1140. The maximum Gasteiger partial charge on any atom is 0.323 e. The van der Waals surface area contributed by atoms with Gasteiger partial charge in [0.25, 0.3) is 0 Å². The quantitative estimate of drug-likeness (QED) is 0.353. The fourth-order valence-corrected chi connectivity index (χ4v) is 4.12. The average molecular weight is 497 g/mol. The minimum atomic E-state index is -0.887. The van der Waals surface area contributed by atoms with E-state index in [0.717, 1.165) is 11.1 Å². The van der Waals surface area contributed by atoms with Crippen LogP contribution >= 0.6 is 11.6 Å². The first-order chi connectivity index (χ1) is 16.6. The molecule has 3 rings (SSSR count). The van der Waals surface area contributed by atoms with Gasteiger partial charge in [-0.05, 0) is 51.3 Å². The number of nitrogens with zero attached hydrogens (tertiary/aromatic N) is 3. The molecule has 35 heavy (non-hydrogen) atoms. The van der Waals surface area contributed by atoms with Crippen molar-refractivity contribution in [3.05, 3.63) is 75.7 Å². The number of benzene rings is 1. The van der Waals surface area contributed by atoms with E-state index in [0.29, 0.717) is 53.5 Å². The normalized spacial score (nSPS) is 20.4. The monoisotopic (exact) mass is 496 g/mol. The molecule has 1 aromatic carbocycles. The number of hydrogen-bond donors (Lipinski definition) is 4. The number of carbonyl (C=O) groups is 1. The molecule has 0 aliphatic heterocycles. The first-order valence-electron chi connectivity index (χ1n) is 11.6. The number of amidine groups is 1. The second-order valence-corrected chi connectivity index (χ2v) is 9.40. The molecular formula is C26H33ClN6O2. The summed E-state index contributed by atoms with van der Waals surface area (Å²) in [6.45, 7) is 6.29. The summed E-state index contributed by atoms with van der Waals surface area (Å²) >= 11 is 6.21. The number of rotatable bonds is 6. The van der Waals surface area contributed by atoms with Gasteiger partial charge in [0.2, 0.25) is 0 Å². The van der Waals surface area contributed by atoms with Gasteiger partial charge in [-0.3, -0.25) is 20.3 Å². The lowest BCUT2D eigenvalue weighted by Gasteiger charge is -2.32. The van der Waals surface area contributed by atoms with Gasteiger partial charge in [0.15, 0.2) is 0 Å². The molecule has 0 radical (unpaired) electrons. The molecule has 9 heteroatoms. The smallest absolute Gasteiger partial charge is 0.323 e. The molecule has 1 unspecified atom stereocenters. The van der Waals surface area contributed by atoms with Crippen molar-refractivity contribution < 1.29 is 9.90 Å². The van der Waals surface area contributed by atoms with E-state index in [9.17, 15) is 9.90 Å². The highest BCUT2D eigenvalue weighted by Crippen LogP contribution is 2.31. The van der Waals surface area contributed by atoms with Crippen LogP contribution in [0.4, 0.5) is 4.79 Å². The lowest BCUT2D eigenvalue weighted by atomic mass is 9.81. The number of nitrogens with one attached hydrogen (secondary N) is 2. The van der Waals surface area contributed by atoms with Gasteiger partial charge < -0.3 is 16.2 Å². The summed E-state index contributed by atoms with van der Waals surface area (Å²) in [5, 5.41) is 22.4. The van der Waals surface area contributed by atoms with Crippen LogP contribution in [0, 0.1) is 12.3 Å². The zero-order valence-corrected chi connectivity index (χ0v) is 21.2. The Hall–Kier alpha value is -3.23. The molecule has 5 N–H and O–H groups in total. The molecule has 1 saturated carbocycles. The molecule has 1 fully saturated rings. The van der Waals surface area contributed by atoms with Crippen LogP contribution in [0.15, 0.2) is 58.9 Å². The third-order valence-corrected chi connectivity index (χ3v) is 6.38. The van der Waals surface area contributed by atoms with Gasteiger partial charge in [-0.2, -0.15) is 0 Å². The van der Waals surface area contributed by atoms with Crippen LogP contribution < -0.4 is 11.1 Å². The van der Waals surface area contributed by atoms with Crippen LogP contribution in [0.2, 0.25) is 5.02 Å². The van der Waals surface area contributed by atoms with Gasteiger partial charge in [-0.1, -0.05) is 41.4 Å². The summed E-state index contributed by atoms with van der Waals surface area (Å²) in [4.78, 5) is 23.2. The van der Waals surface area contributed by atoms with Crippen LogP contribution in [0.5, 0.6) is 0 Å². The van der Waals surface area contributed by atoms with Crippen molar-refractivity contribution >= 4 is 29.2 Å². The molecule has 1 aromatic heterocycles. The number of allylic oxidation sites excluding steroid dienone is 1. The predicted molar refractivity (Wildman–Crippen MR) is 140 cm³/mol. The van der Waals surface area contributed by atoms with Gasteiger partial charge in [0.1, 0.15) is 5.84 Å². The number of aliphatic hydroxyl groups is 1. The second-order valence-electron chi connectivity index (χ2n) is 8.99. The number of nitrogens with two attached hydrogens (primary N) is 1. The second kappa shape index (κ2) is 11.5. The third-order valence-electron chi connectivity index (χ3n) is 6.04. The molecule has 0 saturated heterocycles. The Morgan fingerprint density at radius 2 is 2.06 bits per heavy atom. The zero-order chi connectivity index (χ0) is 25.6. The number of pyridine rings is 1. The molecule has 186 valence electrons. The Morgan fingerprint density at radius 1 is 1.34 bits per heavy atom. The van der Waals surface area contributed by atoms with Crippen molar-refractivity contribution in [1.29, 1.82) is 5.41 Å². The average Bonchev–Trinajstić information content (AvgIpc) is 2.82. The highest BCUT2D eigenvalue weighted by molar-refractivity contribution is 6.31. The lowest BCUT2D eigenvalue weighted by Crippen LogP contribution is -2.45. The lowest BCUT2D eigenvalue weighted by molar-refractivity contribution is 0.0547. The molecule has 1 aliphatic carbocycles. The van der Waals surface area contributed by atoms with Crippen molar-refractivity contribution in [3.63, 3.8) is 0 Å². The van der Waals surface area contributed by atoms with E-state index in [-0.39, 0.29) is 18.9 Å². The Morgan fingerprint density at radius 3 is 2.71 bits per heavy atom. The molecule has 1 aliphatic rings. The zero-order valence-electron chi connectivity index (χ0n) is 20.4. The largest absolute Gasteiger partial charge is 0.400 e. The van der Waals surface area contributed by atoms with Gasteiger partial charge in [-0.25, -0.2) is 4.79 Å². The maximum absolute atomic E-state index is 12.9. The summed E-state index contributed by atoms with van der Waals surface area (Å²) in [5.74, 6) is 0.124. The van der Waals surface area contributed by atoms with E-state index in [4.69, 9.17) is 22.7 Å². The molecule has 0 spiro atoms. The first kappa shape index (κ1) is 26.4. The number of halogens is 1. The van der Waals surface area contributed by atoms with Crippen molar-refractivity contribution in [2.75, 3.05) is 13.1 Å². The van der Waals surface area contributed by atoms with E-state index in [1.807, 2.05) is 38.1 Å². The minimum absolute atomic E-state index is 0.108. The highest BCUT2D eigenvalue weighted by Gasteiger charge is 2.31. The number of amides is 2. The topological polar surface area (TPSA) is 128 Å². The fourth-order valence-electron chi connectivity index (χ4n) is 3.94. The number of aromatic nitrogens is 1. The molecule has 2 aromatic rings. The maximum atomic E-state index is 12.9. The number of urea groups is 1. The Balaban J connectivity index is 1.74. The molecule has 2 amide bonds. The minimum Gasteiger partial charge on any atom is -0.400 e. The van der Waals surface area contributed by atoms with E-state index in [2.05, 4.69) is 15.3 Å². The summed E-state index contributed by atoms with van der Waals surface area (Å²) in [5.41, 5.74) is 9.91. The highest BCUT2D eigenvalue weighted by atomic mass is 35.5. The number of aryl methyl sites for hydroxylation is 1. The summed E-state index contributed by atoms with van der Waals surface area (Å²) in [6, 6.07) is 10.6. The van der Waals surface area contributed by atoms with Gasteiger partial charge in [0.05, 0.1) is 29.4 Å². The molecule has 0 bridgehead atoms. The predicted octanol–water partition coefficient (Wildman–Crippen LogP) is 4.19. The van der Waals surface area contributed by atoms with Crippen molar-refractivity contribution in [3.8, 4) is 0 Å². The van der Waals surface area contributed by atoms with E-state index in [1.165, 1.54) is 4.90 Å². The fraction of sp³-hybridized carbons (Fsp3) is 0.385.